The number of rotatable bonds is 5. The van der Waals surface area contributed by atoms with E-state index in [4.69, 9.17) is 4.74 Å². The molecule has 4 heteroatoms. The fourth-order valence-electron chi connectivity index (χ4n) is 9.08. The largest absolute Gasteiger partial charge is 0.365 e. The predicted molar refractivity (Wildman–Crippen MR) is 131 cm³/mol. The molecule has 3 unspecified atom stereocenters. The van der Waals surface area contributed by atoms with Crippen molar-refractivity contribution in [1.29, 1.82) is 0 Å². The second-order valence-corrected chi connectivity index (χ2v) is 12.3. The van der Waals surface area contributed by atoms with Crippen molar-refractivity contribution in [3.8, 4) is 0 Å². The van der Waals surface area contributed by atoms with E-state index in [0.717, 1.165) is 37.7 Å². The van der Waals surface area contributed by atoms with Crippen LogP contribution in [0.3, 0.4) is 0 Å². The molecular weight excluding hydrogens is 427 g/mol. The first-order valence-electron chi connectivity index (χ1n) is 13.4. The van der Waals surface area contributed by atoms with Gasteiger partial charge >= 0.3 is 0 Å². The molecule has 34 heavy (non-hydrogen) atoms. The summed E-state index contributed by atoms with van der Waals surface area (Å²) in [6, 6.07) is 6.30. The highest BCUT2D eigenvalue weighted by Crippen LogP contribution is 2.70. The van der Waals surface area contributed by atoms with Crippen LogP contribution in [-0.4, -0.2) is 16.7 Å². The Morgan fingerprint density at radius 1 is 1.09 bits per heavy atom. The first-order valence-corrected chi connectivity index (χ1v) is 13.4. The summed E-state index contributed by atoms with van der Waals surface area (Å²) in [6.07, 6.45) is 11.1. The number of allylic oxidation sites excluding steroid dienone is 1. The number of carbonyl (C=O) groups is 1. The highest BCUT2D eigenvalue weighted by atomic mass is 19.1. The highest BCUT2D eigenvalue weighted by molar-refractivity contribution is 5.83. The summed E-state index contributed by atoms with van der Waals surface area (Å²) < 4.78 is 19.2. The molecule has 3 fully saturated rings. The molecule has 3 saturated carbocycles. The Labute approximate surface area is 204 Å². The minimum Gasteiger partial charge on any atom is -0.365 e. The number of carbonyl (C=O) groups excluding carboxylic acids is 1. The maximum absolute atomic E-state index is 13.2. The Morgan fingerprint density at radius 3 is 2.47 bits per heavy atom. The monoisotopic (exact) mass is 468 g/mol. The fourth-order valence-corrected chi connectivity index (χ4v) is 9.08. The molecule has 0 heterocycles. The molecule has 1 aromatic carbocycles. The van der Waals surface area contributed by atoms with E-state index >= 15 is 0 Å². The van der Waals surface area contributed by atoms with Crippen LogP contribution in [0.2, 0.25) is 0 Å². The lowest BCUT2D eigenvalue weighted by Gasteiger charge is -2.60. The van der Waals surface area contributed by atoms with Gasteiger partial charge in [0.2, 0.25) is 0 Å². The minimum absolute atomic E-state index is 0.101. The highest BCUT2D eigenvalue weighted by Gasteiger charge is 2.65. The van der Waals surface area contributed by atoms with Gasteiger partial charge in [0.25, 0.3) is 0 Å². The van der Waals surface area contributed by atoms with Crippen LogP contribution in [0.1, 0.15) is 91.0 Å². The van der Waals surface area contributed by atoms with E-state index in [1.54, 1.807) is 12.1 Å². The van der Waals surface area contributed by atoms with Crippen molar-refractivity contribution in [1.82, 2.24) is 0 Å². The van der Waals surface area contributed by atoms with Gasteiger partial charge in [-0.15, -0.1) is 0 Å². The van der Waals surface area contributed by atoms with Crippen molar-refractivity contribution < 1.29 is 19.0 Å². The lowest BCUT2D eigenvalue weighted by Crippen LogP contribution is -2.55. The van der Waals surface area contributed by atoms with Gasteiger partial charge in [-0.2, -0.15) is 0 Å². The number of hydrogen-bond donors (Lipinski definition) is 1. The number of halogens is 1. The Hall–Kier alpha value is -1.52. The Bertz CT molecular complexity index is 985. The van der Waals surface area contributed by atoms with E-state index < -0.39 is 5.79 Å². The molecule has 4 aliphatic carbocycles. The minimum atomic E-state index is -1.16. The number of fused-ring (bicyclic) bond motifs is 5. The molecule has 5 rings (SSSR count). The SMILES string of the molecule is CC[C@]1(C(C)=O)CCC2C3CC=C4C[C@@](O)(OCc5ccc(F)cc5)CC[C@]4(C)C3CC[C@@]21C. The van der Waals surface area contributed by atoms with Crippen molar-refractivity contribution >= 4 is 5.78 Å². The van der Waals surface area contributed by atoms with Crippen LogP contribution in [0.15, 0.2) is 35.9 Å². The fraction of sp³-hybridized carbons (Fsp3) is 0.700. The average molecular weight is 469 g/mol. The van der Waals surface area contributed by atoms with Gasteiger partial charge in [-0.3, -0.25) is 4.79 Å². The van der Waals surface area contributed by atoms with Crippen molar-refractivity contribution in [2.24, 2.45) is 34.0 Å². The summed E-state index contributed by atoms with van der Waals surface area (Å²) in [6.45, 7) is 9.19. The topological polar surface area (TPSA) is 46.5 Å². The number of aliphatic hydroxyl groups is 1. The molecule has 0 saturated heterocycles. The lowest BCUT2D eigenvalue weighted by molar-refractivity contribution is -0.231. The van der Waals surface area contributed by atoms with Crippen molar-refractivity contribution in [2.45, 2.75) is 97.9 Å². The molecule has 7 atom stereocenters. The molecule has 0 spiro atoms. The molecule has 1 N–H and O–H groups in total. The molecule has 0 radical (unpaired) electrons. The molecular formula is C30H41FO3. The molecule has 3 nitrogen and oxygen atoms in total. The van der Waals surface area contributed by atoms with Gasteiger partial charge in [0.05, 0.1) is 6.61 Å². The maximum Gasteiger partial charge on any atom is 0.169 e. The third kappa shape index (κ3) is 3.46. The first kappa shape index (κ1) is 24.2. The predicted octanol–water partition coefficient (Wildman–Crippen LogP) is 6.98. The summed E-state index contributed by atoms with van der Waals surface area (Å²) in [5.41, 5.74) is 2.30. The van der Waals surface area contributed by atoms with Crippen LogP contribution in [0, 0.1) is 39.8 Å². The van der Waals surface area contributed by atoms with Gasteiger partial charge in [0, 0.05) is 18.3 Å². The van der Waals surface area contributed by atoms with Gasteiger partial charge in [-0.1, -0.05) is 44.6 Å². The van der Waals surface area contributed by atoms with Crippen molar-refractivity contribution in [2.75, 3.05) is 0 Å². The van der Waals surface area contributed by atoms with Crippen molar-refractivity contribution in [3.05, 3.63) is 47.3 Å². The number of Topliss-reactive ketones (excluding diaryl/α,β-unsaturated/α-hetero) is 1. The number of hydrogen-bond acceptors (Lipinski definition) is 3. The van der Waals surface area contributed by atoms with E-state index in [0.29, 0.717) is 36.4 Å². The third-order valence-electron chi connectivity index (χ3n) is 11.2. The van der Waals surface area contributed by atoms with Gasteiger partial charge in [-0.25, -0.2) is 4.39 Å². The smallest absolute Gasteiger partial charge is 0.169 e. The van der Waals surface area contributed by atoms with E-state index in [1.165, 1.54) is 30.5 Å². The summed E-state index contributed by atoms with van der Waals surface area (Å²) in [4.78, 5) is 12.9. The second-order valence-electron chi connectivity index (χ2n) is 12.3. The molecule has 0 bridgehead atoms. The summed E-state index contributed by atoms with van der Waals surface area (Å²) in [5.74, 6) is 0.842. The van der Waals surface area contributed by atoms with E-state index in [1.807, 2.05) is 6.92 Å². The van der Waals surface area contributed by atoms with Gasteiger partial charge in [0.1, 0.15) is 11.6 Å². The molecule has 0 aliphatic heterocycles. The third-order valence-corrected chi connectivity index (χ3v) is 11.2. The zero-order chi connectivity index (χ0) is 24.4. The van der Waals surface area contributed by atoms with Crippen LogP contribution in [0.4, 0.5) is 4.39 Å². The molecule has 0 aromatic heterocycles. The summed E-state index contributed by atoms with van der Waals surface area (Å²) >= 11 is 0. The van der Waals surface area contributed by atoms with Crippen LogP contribution >= 0.6 is 0 Å². The van der Waals surface area contributed by atoms with Crippen molar-refractivity contribution in [3.63, 3.8) is 0 Å². The second kappa shape index (κ2) is 8.27. The van der Waals surface area contributed by atoms with E-state index in [9.17, 15) is 14.3 Å². The molecule has 1 aromatic rings. The van der Waals surface area contributed by atoms with Crippen LogP contribution in [0.5, 0.6) is 0 Å². The molecule has 0 amide bonds. The van der Waals surface area contributed by atoms with E-state index in [2.05, 4.69) is 26.8 Å². The Kier molecular flexibility index (Phi) is 5.88. The van der Waals surface area contributed by atoms with Gasteiger partial charge in [0.15, 0.2) is 5.79 Å². The normalized spacial score (nSPS) is 43.5. The average Bonchev–Trinajstić information content (AvgIpc) is 3.13. The van der Waals surface area contributed by atoms with E-state index in [-0.39, 0.29) is 28.7 Å². The molecule has 4 aliphatic rings. The van der Waals surface area contributed by atoms with Crippen LogP contribution < -0.4 is 0 Å². The van der Waals surface area contributed by atoms with Gasteiger partial charge in [-0.05, 0) is 98.1 Å². The first-order chi connectivity index (χ1) is 16.1. The van der Waals surface area contributed by atoms with Crippen LogP contribution in [0.25, 0.3) is 0 Å². The molecule has 186 valence electrons. The van der Waals surface area contributed by atoms with Gasteiger partial charge < -0.3 is 9.84 Å². The Balaban J connectivity index is 1.35. The maximum atomic E-state index is 13.2. The lowest BCUT2D eigenvalue weighted by atomic mass is 9.45. The summed E-state index contributed by atoms with van der Waals surface area (Å²) in [5, 5.41) is 11.3. The summed E-state index contributed by atoms with van der Waals surface area (Å²) in [7, 11) is 0. The quantitative estimate of drug-likeness (QED) is 0.375. The number of ether oxygens (including phenoxy) is 1. The zero-order valence-electron chi connectivity index (χ0n) is 21.3. The number of benzene rings is 1. The number of ketones is 1. The zero-order valence-corrected chi connectivity index (χ0v) is 21.3. The van der Waals surface area contributed by atoms with Crippen LogP contribution in [-0.2, 0) is 16.1 Å². The Morgan fingerprint density at radius 2 is 1.79 bits per heavy atom. The standard InChI is InChI=1S/C30H41FO3/c1-5-29(20(2)32)15-13-26-24-11-8-22-18-30(33,34-19-21-6-9-23(31)10-7-21)17-16-27(22,3)25(24)12-14-28(26,29)4/h6-10,24-26,33H,5,11-19H2,1-4H3/t24?,25?,26?,27-,28-,29+,30-/m0/s1.